The third-order valence-electron chi connectivity index (χ3n) is 5.12. The number of thiophene rings is 1. The van der Waals surface area contributed by atoms with Gasteiger partial charge in [-0.25, -0.2) is 0 Å². The van der Waals surface area contributed by atoms with Crippen LogP contribution in [0.1, 0.15) is 10.4 Å². The molecule has 4 rings (SSSR count). The molecule has 0 saturated carbocycles. The first-order chi connectivity index (χ1) is 15.3. The number of aromatic nitrogens is 2. The summed E-state index contributed by atoms with van der Waals surface area (Å²) >= 11 is 13.5. The second-order valence-electron chi connectivity index (χ2n) is 7.36. The molecule has 2 heterocycles. The van der Waals surface area contributed by atoms with Crippen LogP contribution < -0.4 is 11.1 Å². The second kappa shape index (κ2) is 9.32. The maximum Gasteiger partial charge on any atom is 0.317 e. The fourth-order valence-electron chi connectivity index (χ4n) is 3.49. The van der Waals surface area contributed by atoms with E-state index >= 15 is 0 Å². The van der Waals surface area contributed by atoms with Gasteiger partial charge in [0.2, 0.25) is 5.91 Å². The summed E-state index contributed by atoms with van der Waals surface area (Å²) < 4.78 is 3.26. The summed E-state index contributed by atoms with van der Waals surface area (Å²) in [7, 11) is 1.65. The van der Waals surface area contributed by atoms with Crippen molar-refractivity contribution >= 4 is 51.5 Å². The van der Waals surface area contributed by atoms with Crippen molar-refractivity contribution in [1.82, 2.24) is 14.0 Å². The lowest BCUT2D eigenvalue weighted by Crippen LogP contribution is -2.44. The summed E-state index contributed by atoms with van der Waals surface area (Å²) in [6.45, 7) is 0.322. The van der Waals surface area contributed by atoms with Gasteiger partial charge in [-0.3, -0.25) is 23.5 Å². The summed E-state index contributed by atoms with van der Waals surface area (Å²) in [5, 5.41) is 0.407. The molecule has 4 aromatic rings. The highest BCUT2D eigenvalue weighted by Gasteiger charge is 2.18. The highest BCUT2D eigenvalue weighted by Crippen LogP contribution is 2.23. The van der Waals surface area contributed by atoms with Gasteiger partial charge in [0, 0.05) is 16.9 Å². The van der Waals surface area contributed by atoms with Crippen molar-refractivity contribution in [2.24, 2.45) is 0 Å². The van der Waals surface area contributed by atoms with Crippen LogP contribution in [0.2, 0.25) is 9.36 Å². The van der Waals surface area contributed by atoms with Crippen LogP contribution in [0.25, 0.3) is 11.0 Å². The molecule has 0 aliphatic carbocycles. The standard InChI is InChI=1S/C23H19Cl2N3O3S/c1-26(13-17-8-10-20(25)32-17)21(29)14-28-19-11-16(24)7-9-18(19)27(22(30)23(28)31)12-15-5-3-2-4-6-15/h2-11H,12-14H2,1H3. The van der Waals surface area contributed by atoms with Crippen molar-refractivity contribution in [2.45, 2.75) is 19.6 Å². The van der Waals surface area contributed by atoms with E-state index in [0.29, 0.717) is 26.9 Å². The van der Waals surface area contributed by atoms with Gasteiger partial charge >= 0.3 is 11.1 Å². The molecule has 0 spiro atoms. The van der Waals surface area contributed by atoms with Gasteiger partial charge in [-0.05, 0) is 35.9 Å². The number of amides is 1. The van der Waals surface area contributed by atoms with E-state index in [1.54, 1.807) is 31.3 Å². The molecule has 0 N–H and O–H groups in total. The molecule has 0 aliphatic heterocycles. The predicted octanol–water partition coefficient (Wildman–Crippen LogP) is 4.24. The molecule has 0 radical (unpaired) electrons. The van der Waals surface area contributed by atoms with Gasteiger partial charge in [-0.15, -0.1) is 11.3 Å². The van der Waals surface area contributed by atoms with Crippen molar-refractivity contribution in [1.29, 1.82) is 0 Å². The van der Waals surface area contributed by atoms with E-state index in [4.69, 9.17) is 23.2 Å². The minimum atomic E-state index is -0.767. The quantitative estimate of drug-likeness (QED) is 0.382. The zero-order chi connectivity index (χ0) is 22.8. The van der Waals surface area contributed by atoms with E-state index in [-0.39, 0.29) is 19.0 Å². The third kappa shape index (κ3) is 4.65. The predicted molar refractivity (Wildman–Crippen MR) is 129 cm³/mol. The molecule has 0 aliphatic rings. The molecule has 6 nitrogen and oxygen atoms in total. The van der Waals surface area contributed by atoms with Gasteiger partial charge in [0.25, 0.3) is 0 Å². The maximum absolute atomic E-state index is 13.0. The summed E-state index contributed by atoms with van der Waals surface area (Å²) in [5.74, 6) is -0.307. The number of rotatable bonds is 6. The molecule has 0 unspecified atom stereocenters. The Morgan fingerprint density at radius 1 is 0.938 bits per heavy atom. The first-order valence-corrected chi connectivity index (χ1v) is 11.4. The fraction of sp³-hybridized carbons (Fsp3) is 0.174. The Hall–Kier alpha value is -2.87. The SMILES string of the molecule is CN(Cc1ccc(Cl)s1)C(=O)Cn1c(=O)c(=O)n(Cc2ccccc2)c2ccc(Cl)cc21. The largest absolute Gasteiger partial charge is 0.339 e. The van der Waals surface area contributed by atoms with E-state index < -0.39 is 11.1 Å². The van der Waals surface area contributed by atoms with Gasteiger partial charge in [-0.1, -0.05) is 53.5 Å². The van der Waals surface area contributed by atoms with Crippen LogP contribution in [0.4, 0.5) is 0 Å². The number of hydrogen-bond acceptors (Lipinski definition) is 4. The summed E-state index contributed by atoms with van der Waals surface area (Å²) in [6.07, 6.45) is 0. The lowest BCUT2D eigenvalue weighted by atomic mass is 10.2. The number of halogens is 2. The number of hydrogen-bond donors (Lipinski definition) is 0. The average Bonchev–Trinajstić information content (AvgIpc) is 3.19. The topological polar surface area (TPSA) is 64.3 Å². The first-order valence-electron chi connectivity index (χ1n) is 9.78. The van der Waals surface area contributed by atoms with Gasteiger partial charge in [0.05, 0.1) is 28.5 Å². The Bertz CT molecular complexity index is 1410. The fourth-order valence-corrected chi connectivity index (χ4v) is 4.79. The molecule has 0 bridgehead atoms. The van der Waals surface area contributed by atoms with E-state index in [9.17, 15) is 14.4 Å². The Morgan fingerprint density at radius 2 is 1.66 bits per heavy atom. The molecular formula is C23H19Cl2N3O3S. The zero-order valence-corrected chi connectivity index (χ0v) is 19.5. The average molecular weight is 488 g/mol. The first kappa shape index (κ1) is 22.3. The molecule has 2 aromatic heterocycles. The minimum Gasteiger partial charge on any atom is -0.339 e. The zero-order valence-electron chi connectivity index (χ0n) is 17.1. The maximum atomic E-state index is 13.0. The van der Waals surface area contributed by atoms with Crippen molar-refractivity contribution < 1.29 is 4.79 Å². The van der Waals surface area contributed by atoms with E-state index in [2.05, 4.69) is 0 Å². The van der Waals surface area contributed by atoms with Crippen LogP contribution in [0.15, 0.2) is 70.3 Å². The van der Waals surface area contributed by atoms with E-state index in [1.165, 1.54) is 25.4 Å². The van der Waals surface area contributed by atoms with Gasteiger partial charge in [0.1, 0.15) is 6.54 Å². The molecule has 32 heavy (non-hydrogen) atoms. The highest BCUT2D eigenvalue weighted by molar-refractivity contribution is 7.16. The summed E-state index contributed by atoms with van der Waals surface area (Å²) in [5.41, 5.74) is 0.386. The van der Waals surface area contributed by atoms with Crippen LogP contribution in [-0.4, -0.2) is 27.0 Å². The molecular weight excluding hydrogens is 469 g/mol. The number of carbonyl (C=O) groups excluding carboxylic acids is 1. The number of fused-ring (bicyclic) bond motifs is 1. The smallest absolute Gasteiger partial charge is 0.317 e. The molecule has 0 fully saturated rings. The van der Waals surface area contributed by atoms with Crippen molar-refractivity contribution in [3.05, 3.63) is 101 Å². The monoisotopic (exact) mass is 487 g/mol. The van der Waals surface area contributed by atoms with Gasteiger partial charge in [-0.2, -0.15) is 0 Å². The van der Waals surface area contributed by atoms with Crippen molar-refractivity contribution in [3.8, 4) is 0 Å². The van der Waals surface area contributed by atoms with Crippen molar-refractivity contribution in [3.63, 3.8) is 0 Å². The molecule has 1 amide bonds. The van der Waals surface area contributed by atoms with Gasteiger partial charge in [0.15, 0.2) is 0 Å². The normalized spacial score (nSPS) is 11.1. The van der Waals surface area contributed by atoms with Gasteiger partial charge < -0.3 is 4.90 Å². The Balaban J connectivity index is 1.73. The molecule has 9 heteroatoms. The molecule has 0 atom stereocenters. The van der Waals surface area contributed by atoms with Crippen LogP contribution in [0, 0.1) is 0 Å². The van der Waals surface area contributed by atoms with E-state index in [1.807, 2.05) is 36.4 Å². The molecule has 0 saturated heterocycles. The number of carbonyl (C=O) groups is 1. The Morgan fingerprint density at radius 3 is 2.34 bits per heavy atom. The van der Waals surface area contributed by atoms with Crippen LogP contribution in [0.5, 0.6) is 0 Å². The number of nitrogens with zero attached hydrogens (tertiary/aromatic N) is 3. The highest BCUT2D eigenvalue weighted by atomic mass is 35.5. The lowest BCUT2D eigenvalue weighted by Gasteiger charge is -2.19. The Labute approximate surface area is 197 Å². The number of likely N-dealkylation sites (N-methyl/N-ethyl adjacent to an activating group) is 1. The lowest BCUT2D eigenvalue weighted by molar-refractivity contribution is -0.131. The Kier molecular flexibility index (Phi) is 6.50. The van der Waals surface area contributed by atoms with Crippen LogP contribution in [0.3, 0.4) is 0 Å². The summed E-state index contributed by atoms with van der Waals surface area (Å²) in [6, 6.07) is 18.0. The number of benzene rings is 2. The minimum absolute atomic E-state index is 0.237. The molecule has 164 valence electrons. The third-order valence-corrected chi connectivity index (χ3v) is 6.57. The van der Waals surface area contributed by atoms with E-state index in [0.717, 1.165) is 10.4 Å². The second-order valence-corrected chi connectivity index (χ2v) is 9.59. The molecule has 2 aromatic carbocycles. The summed E-state index contributed by atoms with van der Waals surface area (Å²) in [4.78, 5) is 41.3. The van der Waals surface area contributed by atoms with Crippen molar-refractivity contribution in [2.75, 3.05) is 7.05 Å². The van der Waals surface area contributed by atoms with Crippen LogP contribution in [-0.2, 0) is 24.4 Å². The van der Waals surface area contributed by atoms with Crippen LogP contribution >= 0.6 is 34.5 Å².